The number of H-pyrrole nitrogens is 1. The summed E-state index contributed by atoms with van der Waals surface area (Å²) in [6.07, 6.45) is 0. The number of nitrogens with zero attached hydrogens (tertiary/aromatic N) is 3. The first-order valence-electron chi connectivity index (χ1n) is 6.52. The molecule has 3 N–H and O–H groups in total. The van der Waals surface area contributed by atoms with E-state index in [4.69, 9.17) is 4.74 Å². The van der Waals surface area contributed by atoms with Crippen molar-refractivity contribution in [2.24, 2.45) is 0 Å². The molecule has 1 fully saturated rings. The van der Waals surface area contributed by atoms with E-state index in [1.54, 1.807) is 0 Å². The number of hydrogen-bond acceptors (Lipinski definition) is 6. The quantitative estimate of drug-likeness (QED) is 0.725. The number of aromatic amines is 1. The van der Waals surface area contributed by atoms with Crippen LogP contribution in [0.15, 0.2) is 24.3 Å². The molecule has 1 aliphatic rings. The van der Waals surface area contributed by atoms with E-state index >= 15 is 0 Å². The first kappa shape index (κ1) is 13.2. The van der Waals surface area contributed by atoms with Crippen molar-refractivity contribution < 1.29 is 9.84 Å². The molecule has 0 amide bonds. The zero-order valence-corrected chi connectivity index (χ0v) is 11.2. The minimum absolute atomic E-state index is 0.0816. The second kappa shape index (κ2) is 5.28. The number of aliphatic hydroxyl groups is 1. The Balaban J connectivity index is 1.71. The highest BCUT2D eigenvalue weighted by atomic mass is 16.5. The third kappa shape index (κ3) is 2.43. The second-order valence-corrected chi connectivity index (χ2v) is 5.15. The average Bonchev–Trinajstić information content (AvgIpc) is 2.97. The molecule has 7 heteroatoms. The van der Waals surface area contributed by atoms with Crippen LogP contribution in [-0.4, -0.2) is 51.1 Å². The summed E-state index contributed by atoms with van der Waals surface area (Å²) in [5.74, 6) is 0.580. The second-order valence-electron chi connectivity index (χ2n) is 5.15. The van der Waals surface area contributed by atoms with Crippen LogP contribution < -0.4 is 5.32 Å². The first-order valence-corrected chi connectivity index (χ1v) is 6.52. The van der Waals surface area contributed by atoms with E-state index in [2.05, 4.69) is 32.9 Å². The molecule has 3 rings (SSSR count). The van der Waals surface area contributed by atoms with Crippen molar-refractivity contribution in [2.75, 3.05) is 19.8 Å². The predicted molar refractivity (Wildman–Crippen MR) is 71.8 cm³/mol. The largest absolute Gasteiger partial charge is 0.394 e. The third-order valence-electron chi connectivity index (χ3n) is 3.60. The van der Waals surface area contributed by atoms with Crippen LogP contribution in [0.25, 0.3) is 11.4 Å². The number of rotatable bonds is 5. The van der Waals surface area contributed by atoms with Gasteiger partial charge in [-0.15, -0.1) is 10.2 Å². The summed E-state index contributed by atoms with van der Waals surface area (Å²) < 4.78 is 5.18. The Morgan fingerprint density at radius 3 is 2.65 bits per heavy atom. The molecule has 20 heavy (non-hydrogen) atoms. The lowest BCUT2D eigenvalue weighted by atomic mass is 9.95. The van der Waals surface area contributed by atoms with Crippen LogP contribution in [0.2, 0.25) is 0 Å². The number of ether oxygens (including phenoxy) is 1. The monoisotopic (exact) mass is 275 g/mol. The summed E-state index contributed by atoms with van der Waals surface area (Å²) in [6.45, 7) is 3.25. The van der Waals surface area contributed by atoms with Crippen LogP contribution in [0.3, 0.4) is 0 Å². The summed E-state index contributed by atoms with van der Waals surface area (Å²) in [5.41, 5.74) is 1.75. The van der Waals surface area contributed by atoms with Crippen molar-refractivity contribution in [3.63, 3.8) is 0 Å². The predicted octanol–water partition coefficient (Wildman–Crippen LogP) is 0.279. The summed E-state index contributed by atoms with van der Waals surface area (Å²) in [4.78, 5) is 0. The van der Waals surface area contributed by atoms with Gasteiger partial charge in [-0.2, -0.15) is 5.21 Å². The molecule has 1 atom stereocenters. The van der Waals surface area contributed by atoms with Crippen molar-refractivity contribution in [3.8, 4) is 11.4 Å². The summed E-state index contributed by atoms with van der Waals surface area (Å²) >= 11 is 0. The van der Waals surface area contributed by atoms with Crippen molar-refractivity contribution in [1.82, 2.24) is 25.9 Å². The number of aromatic nitrogens is 4. The zero-order valence-electron chi connectivity index (χ0n) is 11.2. The molecule has 1 saturated heterocycles. The van der Waals surface area contributed by atoms with Crippen LogP contribution in [0.4, 0.5) is 0 Å². The van der Waals surface area contributed by atoms with E-state index in [1.807, 2.05) is 24.3 Å². The van der Waals surface area contributed by atoms with E-state index in [0.717, 1.165) is 11.1 Å². The van der Waals surface area contributed by atoms with Gasteiger partial charge in [0.25, 0.3) is 0 Å². The maximum absolute atomic E-state index is 9.43. The van der Waals surface area contributed by atoms with E-state index < -0.39 is 0 Å². The van der Waals surface area contributed by atoms with E-state index in [-0.39, 0.29) is 18.2 Å². The fourth-order valence-corrected chi connectivity index (χ4v) is 2.32. The first-order chi connectivity index (χ1) is 9.72. The Kier molecular flexibility index (Phi) is 3.47. The Hall–Kier alpha value is -1.83. The van der Waals surface area contributed by atoms with Gasteiger partial charge in [-0.25, -0.2) is 0 Å². The molecule has 0 bridgehead atoms. The summed E-state index contributed by atoms with van der Waals surface area (Å²) in [5, 5.41) is 26.7. The molecular weight excluding hydrogens is 258 g/mol. The third-order valence-corrected chi connectivity index (χ3v) is 3.60. The molecule has 1 aliphatic heterocycles. The molecule has 7 nitrogen and oxygen atoms in total. The summed E-state index contributed by atoms with van der Waals surface area (Å²) in [7, 11) is 0. The van der Waals surface area contributed by atoms with Gasteiger partial charge in [0.15, 0.2) is 0 Å². The molecular formula is C13H17N5O2. The Morgan fingerprint density at radius 2 is 2.15 bits per heavy atom. The molecule has 0 saturated carbocycles. The Labute approximate surface area is 116 Å². The molecule has 0 radical (unpaired) electrons. The number of hydrogen-bond donors (Lipinski definition) is 3. The van der Waals surface area contributed by atoms with E-state index in [1.165, 1.54) is 0 Å². The zero-order chi connectivity index (χ0) is 14.0. The van der Waals surface area contributed by atoms with Gasteiger partial charge < -0.3 is 9.84 Å². The normalized spacial score (nSPS) is 18.5. The van der Waals surface area contributed by atoms with Crippen LogP contribution in [0.1, 0.15) is 18.5 Å². The highest BCUT2D eigenvalue weighted by molar-refractivity contribution is 5.54. The lowest BCUT2D eigenvalue weighted by Crippen LogP contribution is -2.63. The average molecular weight is 275 g/mol. The minimum atomic E-state index is -0.300. The van der Waals surface area contributed by atoms with Crippen LogP contribution in [-0.2, 0) is 4.74 Å². The molecule has 1 aromatic heterocycles. The van der Waals surface area contributed by atoms with Crippen LogP contribution >= 0.6 is 0 Å². The fraction of sp³-hybridized carbons (Fsp3) is 0.462. The number of nitrogens with one attached hydrogen (secondary N) is 2. The molecule has 1 aromatic carbocycles. The highest BCUT2D eigenvalue weighted by Gasteiger charge is 2.38. The lowest BCUT2D eigenvalue weighted by Gasteiger charge is -2.42. The van der Waals surface area contributed by atoms with Crippen molar-refractivity contribution >= 4 is 0 Å². The topological polar surface area (TPSA) is 96.0 Å². The van der Waals surface area contributed by atoms with Gasteiger partial charge in [0, 0.05) is 11.6 Å². The van der Waals surface area contributed by atoms with Crippen LogP contribution in [0.5, 0.6) is 0 Å². The smallest absolute Gasteiger partial charge is 0.204 e. The SMILES string of the molecule is CC(NC1(CO)COC1)c1ccc(-c2nn[nH]n2)cc1. The van der Waals surface area contributed by atoms with Gasteiger partial charge in [-0.1, -0.05) is 24.3 Å². The van der Waals surface area contributed by atoms with Crippen molar-refractivity contribution in [3.05, 3.63) is 29.8 Å². The molecule has 2 aromatic rings. The molecule has 2 heterocycles. The van der Waals surface area contributed by atoms with Gasteiger partial charge in [-0.05, 0) is 17.7 Å². The molecule has 1 unspecified atom stereocenters. The highest BCUT2D eigenvalue weighted by Crippen LogP contribution is 2.23. The summed E-state index contributed by atoms with van der Waals surface area (Å²) in [6, 6.07) is 8.09. The van der Waals surface area contributed by atoms with Gasteiger partial charge >= 0.3 is 0 Å². The van der Waals surface area contributed by atoms with Gasteiger partial charge in [0.1, 0.15) is 0 Å². The van der Waals surface area contributed by atoms with Gasteiger partial charge in [-0.3, -0.25) is 5.32 Å². The van der Waals surface area contributed by atoms with Crippen molar-refractivity contribution in [2.45, 2.75) is 18.5 Å². The standard InChI is InChI=1S/C13H17N5O2/c1-9(14-13(6-19)7-20-8-13)10-2-4-11(5-3-10)12-15-17-18-16-12/h2-5,9,14,19H,6-8H2,1H3,(H,15,16,17,18). The van der Waals surface area contributed by atoms with Gasteiger partial charge in [0.05, 0.1) is 25.4 Å². The maximum Gasteiger partial charge on any atom is 0.204 e. The van der Waals surface area contributed by atoms with E-state index in [0.29, 0.717) is 19.0 Å². The van der Waals surface area contributed by atoms with Crippen LogP contribution in [0, 0.1) is 0 Å². The number of benzene rings is 1. The lowest BCUT2D eigenvalue weighted by molar-refractivity contribution is -0.102. The minimum Gasteiger partial charge on any atom is -0.394 e. The Bertz CT molecular complexity index is 545. The molecule has 106 valence electrons. The molecule has 0 spiro atoms. The fourth-order valence-electron chi connectivity index (χ4n) is 2.32. The number of tetrazole rings is 1. The maximum atomic E-state index is 9.43. The molecule has 0 aliphatic carbocycles. The van der Waals surface area contributed by atoms with Gasteiger partial charge in [0.2, 0.25) is 5.82 Å². The number of aliphatic hydroxyl groups excluding tert-OH is 1. The van der Waals surface area contributed by atoms with E-state index in [9.17, 15) is 5.11 Å². The Morgan fingerprint density at radius 1 is 1.40 bits per heavy atom. The van der Waals surface area contributed by atoms with Crippen molar-refractivity contribution in [1.29, 1.82) is 0 Å².